The van der Waals surface area contributed by atoms with Crippen molar-refractivity contribution in [3.63, 3.8) is 0 Å². The Bertz CT molecular complexity index is 4140. The Morgan fingerprint density at radius 3 is 1.33 bits per heavy atom. The Kier molecular flexibility index (Phi) is 8.75. The van der Waals surface area contributed by atoms with Crippen LogP contribution in [0.15, 0.2) is 234 Å². The van der Waals surface area contributed by atoms with Crippen LogP contribution < -0.4 is 5.32 Å². The summed E-state index contributed by atoms with van der Waals surface area (Å²) in [5.41, 5.74) is 11.2. The van der Waals surface area contributed by atoms with Crippen LogP contribution in [0.2, 0.25) is 0 Å². The van der Waals surface area contributed by atoms with Gasteiger partial charge in [0.15, 0.2) is 17.5 Å². The van der Waals surface area contributed by atoms with Gasteiger partial charge >= 0.3 is 0 Å². The van der Waals surface area contributed by atoms with E-state index in [0.717, 1.165) is 93.4 Å². The van der Waals surface area contributed by atoms with Gasteiger partial charge in [0.2, 0.25) is 11.9 Å². The minimum Gasteiger partial charge on any atom is -0.330 e. The highest BCUT2D eigenvalue weighted by molar-refractivity contribution is 6.37. The van der Waals surface area contributed by atoms with Crippen LogP contribution in [0.25, 0.3) is 99.8 Å². The molecule has 0 saturated carbocycles. The molecule has 9 heteroatoms. The fraction of sp³-hybridized carbons (Fsp3) is 0.0167. The molecule has 4 aromatic heterocycles. The van der Waals surface area contributed by atoms with Crippen LogP contribution in [0.1, 0.15) is 17.3 Å². The van der Waals surface area contributed by atoms with Crippen LogP contribution in [0, 0.1) is 0 Å². The molecule has 0 radical (unpaired) electrons. The van der Waals surface area contributed by atoms with Crippen molar-refractivity contribution in [2.75, 3.05) is 0 Å². The van der Waals surface area contributed by atoms with Crippen molar-refractivity contribution >= 4 is 77.2 Å². The second-order valence-corrected chi connectivity index (χ2v) is 17.3. The Hall–Kier alpha value is -9.47. The molecule has 9 nitrogen and oxygen atoms in total. The summed E-state index contributed by atoms with van der Waals surface area (Å²) < 4.78 is 6.91. The van der Waals surface area contributed by atoms with Crippen molar-refractivity contribution in [3.05, 3.63) is 236 Å². The second-order valence-electron chi connectivity index (χ2n) is 17.3. The van der Waals surface area contributed by atoms with E-state index >= 15 is 0 Å². The molecule has 0 spiro atoms. The predicted octanol–water partition coefficient (Wildman–Crippen LogP) is 13.5. The summed E-state index contributed by atoms with van der Waals surface area (Å²) in [5, 5.41) is 10.5. The van der Waals surface area contributed by atoms with Crippen LogP contribution in [0.4, 0.5) is 0 Å². The van der Waals surface area contributed by atoms with Gasteiger partial charge in [-0.2, -0.15) is 15.0 Å². The molecule has 1 N–H and O–H groups in total. The van der Waals surface area contributed by atoms with E-state index in [-0.39, 0.29) is 6.17 Å². The molecule has 0 saturated heterocycles. The van der Waals surface area contributed by atoms with Gasteiger partial charge in [-0.05, 0) is 54.1 Å². The lowest BCUT2D eigenvalue weighted by Gasteiger charge is -2.24. The van der Waals surface area contributed by atoms with E-state index in [1.165, 1.54) is 0 Å². The zero-order valence-corrected chi connectivity index (χ0v) is 37.0. The number of amidine groups is 1. The van der Waals surface area contributed by atoms with Crippen molar-refractivity contribution in [3.8, 4) is 34.4 Å². The number of para-hydroxylation sites is 3. The monoisotopic (exact) mass is 885 g/mol. The SMILES string of the molecule is c1ccc(C2=NC(c3ccccc3)NC(n3c4ccccc4c4c5c6c7c8ccccc8n(-c8nc(-c9ccccc9)nc(-c9ccccc9)n8)c7ccc6n(-c6ccccc6)c5ccc43)=N2)cc1. The van der Waals surface area contributed by atoms with E-state index in [4.69, 9.17) is 24.9 Å². The highest BCUT2D eigenvalue weighted by Gasteiger charge is 2.28. The van der Waals surface area contributed by atoms with Crippen LogP contribution in [0.3, 0.4) is 0 Å². The first-order valence-electron chi connectivity index (χ1n) is 23.1. The topological polar surface area (TPSA) is 90.2 Å². The van der Waals surface area contributed by atoms with Gasteiger partial charge in [-0.25, -0.2) is 9.98 Å². The van der Waals surface area contributed by atoms with Gasteiger partial charge in [0.1, 0.15) is 6.17 Å². The van der Waals surface area contributed by atoms with Crippen molar-refractivity contribution in [1.82, 2.24) is 34.0 Å². The zero-order chi connectivity index (χ0) is 45.4. The van der Waals surface area contributed by atoms with Crippen molar-refractivity contribution in [1.29, 1.82) is 0 Å². The lowest BCUT2D eigenvalue weighted by molar-refractivity contribution is 0.661. The fourth-order valence-electron chi connectivity index (χ4n) is 10.4. The number of nitrogens with one attached hydrogen (secondary N) is 1. The Morgan fingerprint density at radius 1 is 0.348 bits per heavy atom. The number of aliphatic imine (C=N–C) groups is 2. The highest BCUT2D eigenvalue weighted by Crippen LogP contribution is 2.46. The van der Waals surface area contributed by atoms with Crippen molar-refractivity contribution in [2.45, 2.75) is 6.17 Å². The first kappa shape index (κ1) is 38.8. The first-order valence-corrected chi connectivity index (χ1v) is 23.1. The predicted molar refractivity (Wildman–Crippen MR) is 281 cm³/mol. The van der Waals surface area contributed by atoms with Gasteiger partial charge in [0.25, 0.3) is 0 Å². The number of aromatic nitrogens is 6. The van der Waals surface area contributed by atoms with Crippen LogP contribution in [-0.2, 0) is 0 Å². The molecule has 0 fully saturated rings. The molecule has 5 heterocycles. The average molecular weight is 886 g/mol. The van der Waals surface area contributed by atoms with E-state index in [1.54, 1.807) is 0 Å². The molecule has 9 aromatic carbocycles. The van der Waals surface area contributed by atoms with Gasteiger partial charge in [0.05, 0.1) is 33.1 Å². The lowest BCUT2D eigenvalue weighted by atomic mass is 10.0. The molecule has 14 rings (SSSR count). The maximum atomic E-state index is 5.34. The largest absolute Gasteiger partial charge is 0.330 e. The van der Waals surface area contributed by atoms with E-state index in [9.17, 15) is 0 Å². The minimum atomic E-state index is -0.361. The van der Waals surface area contributed by atoms with E-state index in [0.29, 0.717) is 29.4 Å². The summed E-state index contributed by atoms with van der Waals surface area (Å²) in [4.78, 5) is 26.1. The van der Waals surface area contributed by atoms with Crippen LogP contribution in [0.5, 0.6) is 0 Å². The van der Waals surface area contributed by atoms with E-state index in [2.05, 4.69) is 183 Å². The van der Waals surface area contributed by atoms with Gasteiger partial charge in [-0.3, -0.25) is 9.13 Å². The summed E-state index contributed by atoms with van der Waals surface area (Å²) in [5.74, 6) is 3.14. The summed E-state index contributed by atoms with van der Waals surface area (Å²) in [7, 11) is 0. The number of benzene rings is 9. The first-order chi connectivity index (χ1) is 34.2. The average Bonchev–Trinajstić information content (AvgIpc) is 4.07. The maximum absolute atomic E-state index is 5.34. The van der Waals surface area contributed by atoms with Crippen molar-refractivity contribution < 1.29 is 0 Å². The molecule has 69 heavy (non-hydrogen) atoms. The van der Waals surface area contributed by atoms with Gasteiger partial charge in [-0.15, -0.1) is 0 Å². The standard InChI is InChI=1S/C60H39N9/c1-6-20-38(21-7-1)55-61-56(39-22-8-2-9-23-39)64-59(63-55)68-45-32-18-16-30-43(45)51-47(68)34-36-49-53(51)54-50(67(49)42-28-14-5-15-29-42)37-35-48-52(54)44-31-17-19-33-46(44)69(48)60-65-57(40-24-10-3-11-25-40)62-58(66-60)41-26-12-4-13-27-41/h1-37,55H,(H,61,63,64). The Labute approximate surface area is 395 Å². The number of rotatable bonds is 6. The molecular formula is C60H39N9. The van der Waals surface area contributed by atoms with Crippen LogP contribution >= 0.6 is 0 Å². The molecule has 1 aliphatic rings. The third kappa shape index (κ3) is 6.14. The minimum absolute atomic E-state index is 0.361. The number of fused-ring (bicyclic) bond motifs is 11. The quantitative estimate of drug-likeness (QED) is 0.180. The number of hydrogen-bond donors (Lipinski definition) is 1. The molecule has 324 valence electrons. The summed E-state index contributed by atoms with van der Waals surface area (Å²) >= 11 is 0. The molecule has 1 atom stereocenters. The highest BCUT2D eigenvalue weighted by atomic mass is 15.3. The molecule has 0 aliphatic carbocycles. The third-order valence-electron chi connectivity index (χ3n) is 13.4. The van der Waals surface area contributed by atoms with Gasteiger partial charge in [-0.1, -0.05) is 176 Å². The van der Waals surface area contributed by atoms with Gasteiger partial charge in [0, 0.05) is 54.7 Å². The Morgan fingerprint density at radius 2 is 0.783 bits per heavy atom. The molecule has 0 bridgehead atoms. The molecule has 0 amide bonds. The van der Waals surface area contributed by atoms with E-state index in [1.807, 2.05) is 60.7 Å². The summed E-state index contributed by atoms with van der Waals surface area (Å²) in [6, 6.07) is 78.0. The summed E-state index contributed by atoms with van der Waals surface area (Å²) in [6.07, 6.45) is -0.361. The Balaban J connectivity index is 1.10. The summed E-state index contributed by atoms with van der Waals surface area (Å²) in [6.45, 7) is 0. The third-order valence-corrected chi connectivity index (χ3v) is 13.4. The molecule has 1 unspecified atom stereocenters. The smallest absolute Gasteiger partial charge is 0.238 e. The maximum Gasteiger partial charge on any atom is 0.238 e. The molecule has 13 aromatic rings. The molecule has 1 aliphatic heterocycles. The lowest BCUT2D eigenvalue weighted by Crippen LogP contribution is -2.37. The zero-order valence-electron chi connectivity index (χ0n) is 37.0. The normalized spacial score (nSPS) is 13.9. The van der Waals surface area contributed by atoms with E-state index < -0.39 is 0 Å². The van der Waals surface area contributed by atoms with Gasteiger partial charge < -0.3 is 9.88 Å². The molecular weight excluding hydrogens is 847 g/mol. The number of hydrogen-bond acceptors (Lipinski definition) is 6. The fourth-order valence-corrected chi connectivity index (χ4v) is 10.4. The van der Waals surface area contributed by atoms with Crippen LogP contribution in [-0.4, -0.2) is 40.4 Å². The number of nitrogens with zero attached hydrogens (tertiary/aromatic N) is 8. The van der Waals surface area contributed by atoms with Crippen molar-refractivity contribution in [2.24, 2.45) is 9.98 Å². The second kappa shape index (κ2) is 15.6.